The van der Waals surface area contributed by atoms with Crippen LogP contribution in [0.2, 0.25) is 0 Å². The highest BCUT2D eigenvalue weighted by molar-refractivity contribution is 4.79. The van der Waals surface area contributed by atoms with E-state index in [0.717, 1.165) is 32.6 Å². The zero-order valence-electron chi connectivity index (χ0n) is 10.0. The van der Waals surface area contributed by atoms with Gasteiger partial charge in [-0.25, -0.2) is 0 Å². The molecule has 0 heterocycles. The highest BCUT2D eigenvalue weighted by atomic mass is 16.5. The average molecular weight is 215 g/mol. The lowest BCUT2D eigenvalue weighted by molar-refractivity contribution is 0.0753. The van der Waals surface area contributed by atoms with Crippen molar-refractivity contribution < 1.29 is 9.84 Å². The van der Waals surface area contributed by atoms with Gasteiger partial charge in [-0.05, 0) is 18.8 Å². The second-order valence-electron chi connectivity index (χ2n) is 4.88. The number of aliphatic hydroxyl groups excluding tert-OH is 1. The second kappa shape index (κ2) is 7.20. The third-order valence-corrected chi connectivity index (χ3v) is 2.83. The predicted octanol–water partition coefficient (Wildman–Crippen LogP) is 1.55. The highest BCUT2D eigenvalue weighted by Crippen LogP contribution is 2.17. The number of hydrogen-bond acceptors (Lipinski definition) is 3. The van der Waals surface area contributed by atoms with Crippen molar-refractivity contribution in [2.75, 3.05) is 19.8 Å². The molecule has 0 radical (unpaired) electrons. The van der Waals surface area contributed by atoms with E-state index in [0.29, 0.717) is 12.0 Å². The van der Waals surface area contributed by atoms with Gasteiger partial charge in [0.15, 0.2) is 0 Å². The van der Waals surface area contributed by atoms with Crippen molar-refractivity contribution in [2.24, 2.45) is 5.92 Å². The van der Waals surface area contributed by atoms with E-state index in [1.165, 1.54) is 12.8 Å². The van der Waals surface area contributed by atoms with Crippen LogP contribution in [0.3, 0.4) is 0 Å². The smallest absolute Gasteiger partial charge is 0.0693 e. The van der Waals surface area contributed by atoms with E-state index in [1.54, 1.807) is 0 Å². The summed E-state index contributed by atoms with van der Waals surface area (Å²) in [5, 5.41) is 13.1. The summed E-state index contributed by atoms with van der Waals surface area (Å²) < 4.78 is 5.48. The van der Waals surface area contributed by atoms with Crippen LogP contribution < -0.4 is 5.32 Å². The van der Waals surface area contributed by atoms with Gasteiger partial charge in [-0.3, -0.25) is 0 Å². The van der Waals surface area contributed by atoms with Crippen LogP contribution in [0, 0.1) is 5.92 Å². The molecule has 3 nitrogen and oxygen atoms in total. The molecule has 0 aromatic rings. The standard InChI is InChI=1S/C12H25NO2/c1-10(2)9-15-8-7-13-11-5-3-4-6-12(11)14/h10-14H,3-9H2,1-2H3/t11-,12-/m0/s1. The Morgan fingerprint density at radius 2 is 2.07 bits per heavy atom. The molecule has 2 N–H and O–H groups in total. The lowest BCUT2D eigenvalue weighted by atomic mass is 9.93. The largest absolute Gasteiger partial charge is 0.392 e. The summed E-state index contributed by atoms with van der Waals surface area (Å²) in [7, 11) is 0. The van der Waals surface area contributed by atoms with Crippen molar-refractivity contribution in [2.45, 2.75) is 51.7 Å². The molecule has 0 aromatic heterocycles. The maximum Gasteiger partial charge on any atom is 0.0693 e. The molecule has 1 aliphatic carbocycles. The molecule has 0 saturated heterocycles. The third-order valence-electron chi connectivity index (χ3n) is 2.83. The normalized spacial score (nSPS) is 27.2. The molecular weight excluding hydrogens is 190 g/mol. The van der Waals surface area contributed by atoms with Gasteiger partial charge in [0.2, 0.25) is 0 Å². The Morgan fingerprint density at radius 1 is 1.33 bits per heavy atom. The summed E-state index contributed by atoms with van der Waals surface area (Å²) >= 11 is 0. The Balaban J connectivity index is 1.99. The van der Waals surface area contributed by atoms with Gasteiger partial charge in [-0.15, -0.1) is 0 Å². The summed E-state index contributed by atoms with van der Waals surface area (Å²) in [6, 6.07) is 0.293. The van der Waals surface area contributed by atoms with Gasteiger partial charge >= 0.3 is 0 Å². The van der Waals surface area contributed by atoms with Crippen LogP contribution in [-0.2, 0) is 4.74 Å². The minimum absolute atomic E-state index is 0.149. The number of hydrogen-bond donors (Lipinski definition) is 2. The molecule has 0 aliphatic heterocycles. The first-order valence-corrected chi connectivity index (χ1v) is 6.19. The van der Waals surface area contributed by atoms with Gasteiger partial charge in [0.05, 0.1) is 12.7 Å². The Bertz CT molecular complexity index is 162. The molecule has 0 amide bonds. The lowest BCUT2D eigenvalue weighted by Gasteiger charge is -2.28. The molecule has 1 saturated carbocycles. The van der Waals surface area contributed by atoms with E-state index in [-0.39, 0.29) is 6.10 Å². The highest BCUT2D eigenvalue weighted by Gasteiger charge is 2.21. The average Bonchev–Trinajstić information content (AvgIpc) is 2.20. The fraction of sp³-hybridized carbons (Fsp3) is 1.00. The van der Waals surface area contributed by atoms with Gasteiger partial charge < -0.3 is 15.2 Å². The fourth-order valence-electron chi connectivity index (χ4n) is 1.98. The molecule has 2 atom stereocenters. The fourth-order valence-corrected chi connectivity index (χ4v) is 1.98. The Hall–Kier alpha value is -0.120. The zero-order valence-corrected chi connectivity index (χ0v) is 10.0. The summed E-state index contributed by atoms with van der Waals surface area (Å²) in [5.74, 6) is 0.602. The van der Waals surface area contributed by atoms with Gasteiger partial charge in [-0.2, -0.15) is 0 Å². The molecular formula is C12H25NO2. The summed E-state index contributed by atoms with van der Waals surface area (Å²) in [6.07, 6.45) is 4.31. The lowest BCUT2D eigenvalue weighted by Crippen LogP contribution is -2.43. The SMILES string of the molecule is CC(C)COCCN[C@H]1CCCC[C@@H]1O. The molecule has 3 heteroatoms. The first-order valence-electron chi connectivity index (χ1n) is 6.19. The monoisotopic (exact) mass is 215 g/mol. The molecule has 0 unspecified atom stereocenters. The topological polar surface area (TPSA) is 41.5 Å². The Labute approximate surface area is 93.2 Å². The molecule has 15 heavy (non-hydrogen) atoms. The van der Waals surface area contributed by atoms with E-state index in [1.807, 2.05) is 0 Å². The number of rotatable bonds is 6. The zero-order chi connectivity index (χ0) is 11.1. The van der Waals surface area contributed by atoms with Crippen LogP contribution >= 0.6 is 0 Å². The van der Waals surface area contributed by atoms with Crippen LogP contribution in [0.15, 0.2) is 0 Å². The van der Waals surface area contributed by atoms with E-state index < -0.39 is 0 Å². The van der Waals surface area contributed by atoms with Gasteiger partial charge in [0.25, 0.3) is 0 Å². The quantitative estimate of drug-likeness (QED) is 0.661. The van der Waals surface area contributed by atoms with Crippen LogP contribution in [0.25, 0.3) is 0 Å². The van der Waals surface area contributed by atoms with Crippen LogP contribution in [-0.4, -0.2) is 37.0 Å². The van der Waals surface area contributed by atoms with Crippen LogP contribution in [0.4, 0.5) is 0 Å². The van der Waals surface area contributed by atoms with Gasteiger partial charge in [0.1, 0.15) is 0 Å². The minimum Gasteiger partial charge on any atom is -0.392 e. The number of ether oxygens (including phenoxy) is 1. The van der Waals surface area contributed by atoms with Crippen molar-refractivity contribution in [3.05, 3.63) is 0 Å². The molecule has 1 rings (SSSR count). The first-order chi connectivity index (χ1) is 7.20. The van der Waals surface area contributed by atoms with Gasteiger partial charge in [0, 0.05) is 19.2 Å². The van der Waals surface area contributed by atoms with E-state index in [2.05, 4.69) is 19.2 Å². The first kappa shape index (κ1) is 12.9. The number of nitrogens with one attached hydrogen (secondary N) is 1. The molecule has 0 aromatic carbocycles. The molecule has 0 spiro atoms. The summed E-state index contributed by atoms with van der Waals surface area (Å²) in [5.41, 5.74) is 0. The van der Waals surface area contributed by atoms with Crippen LogP contribution in [0.5, 0.6) is 0 Å². The molecule has 1 fully saturated rings. The minimum atomic E-state index is -0.149. The Morgan fingerprint density at radius 3 is 2.73 bits per heavy atom. The third kappa shape index (κ3) is 5.50. The van der Waals surface area contributed by atoms with E-state index >= 15 is 0 Å². The predicted molar refractivity (Wildman–Crippen MR) is 61.9 cm³/mol. The Kier molecular flexibility index (Phi) is 6.22. The van der Waals surface area contributed by atoms with Crippen molar-refractivity contribution >= 4 is 0 Å². The second-order valence-corrected chi connectivity index (χ2v) is 4.88. The maximum absolute atomic E-state index is 9.71. The van der Waals surface area contributed by atoms with Crippen molar-refractivity contribution in [3.63, 3.8) is 0 Å². The number of aliphatic hydroxyl groups is 1. The summed E-state index contributed by atoms with van der Waals surface area (Å²) in [6.45, 7) is 6.74. The molecule has 0 bridgehead atoms. The van der Waals surface area contributed by atoms with Gasteiger partial charge in [-0.1, -0.05) is 26.7 Å². The molecule has 1 aliphatic rings. The van der Waals surface area contributed by atoms with Crippen molar-refractivity contribution in [1.29, 1.82) is 0 Å². The maximum atomic E-state index is 9.71. The summed E-state index contributed by atoms with van der Waals surface area (Å²) in [4.78, 5) is 0. The van der Waals surface area contributed by atoms with E-state index in [4.69, 9.17) is 4.74 Å². The van der Waals surface area contributed by atoms with Crippen molar-refractivity contribution in [3.8, 4) is 0 Å². The van der Waals surface area contributed by atoms with Crippen LogP contribution in [0.1, 0.15) is 39.5 Å². The van der Waals surface area contributed by atoms with E-state index in [9.17, 15) is 5.11 Å². The van der Waals surface area contributed by atoms with Crippen molar-refractivity contribution in [1.82, 2.24) is 5.32 Å². The molecule has 90 valence electrons.